The van der Waals surface area contributed by atoms with E-state index < -0.39 is 0 Å². The van der Waals surface area contributed by atoms with Crippen LogP contribution in [0.4, 0.5) is 5.69 Å². The minimum absolute atomic E-state index is 0.957. The van der Waals surface area contributed by atoms with Crippen LogP contribution < -0.4 is 5.32 Å². The molecule has 1 aliphatic rings. The summed E-state index contributed by atoms with van der Waals surface area (Å²) in [5.41, 5.74) is 9.69. The molecule has 0 spiro atoms. The van der Waals surface area contributed by atoms with Gasteiger partial charge < -0.3 is 5.32 Å². The molecule has 1 aliphatic carbocycles. The lowest BCUT2D eigenvalue weighted by molar-refractivity contribution is 1.25. The van der Waals surface area contributed by atoms with Crippen LogP contribution in [0.2, 0.25) is 0 Å². The third kappa shape index (κ3) is 3.94. The van der Waals surface area contributed by atoms with Gasteiger partial charge in [-0.1, -0.05) is 67.3 Å². The molecule has 0 unspecified atom stereocenters. The summed E-state index contributed by atoms with van der Waals surface area (Å²) in [6.45, 7) is 12.1. The van der Waals surface area contributed by atoms with Crippen LogP contribution in [-0.2, 0) is 6.42 Å². The average Bonchev–Trinajstić information content (AvgIpc) is 3.00. The molecule has 0 fully saturated rings. The topological polar surface area (TPSA) is 12.0 Å². The zero-order valence-corrected chi connectivity index (χ0v) is 15.5. The minimum Gasteiger partial charge on any atom is -0.356 e. The molecule has 2 aromatic carbocycles. The summed E-state index contributed by atoms with van der Waals surface area (Å²) in [5.74, 6) is 0. The molecule has 0 bridgehead atoms. The van der Waals surface area contributed by atoms with Crippen molar-refractivity contribution < 1.29 is 0 Å². The number of allylic oxidation sites excluding steroid dienone is 7. The van der Waals surface area contributed by atoms with E-state index >= 15 is 0 Å². The molecule has 3 rings (SSSR count). The van der Waals surface area contributed by atoms with Crippen LogP contribution in [0.15, 0.2) is 103 Å². The van der Waals surface area contributed by atoms with E-state index in [1.54, 1.807) is 0 Å². The summed E-state index contributed by atoms with van der Waals surface area (Å²) in [5, 5.41) is 3.42. The Balaban J connectivity index is 1.88. The lowest BCUT2D eigenvalue weighted by Crippen LogP contribution is -1.97. The molecule has 26 heavy (non-hydrogen) atoms. The van der Waals surface area contributed by atoms with E-state index in [9.17, 15) is 0 Å². The fourth-order valence-electron chi connectivity index (χ4n) is 3.23. The Morgan fingerprint density at radius 3 is 2.46 bits per heavy atom. The standard InChI is InChI=1S/C25H25N/c1-5-20-17-21-9-7-8-10-24(21)25(20)16-19(4)15-22(6-2)26-23-13-11-18(3)12-14-23/h5-16,26H,1-2,17H2,3-4H3/b19-16+,22-15-. The highest BCUT2D eigenvalue weighted by Crippen LogP contribution is 2.34. The van der Waals surface area contributed by atoms with Crippen molar-refractivity contribution in [1.82, 2.24) is 0 Å². The summed E-state index contributed by atoms with van der Waals surface area (Å²) < 4.78 is 0. The molecule has 0 atom stereocenters. The van der Waals surface area contributed by atoms with Gasteiger partial charge in [0, 0.05) is 11.4 Å². The second-order valence-electron chi connectivity index (χ2n) is 6.66. The van der Waals surface area contributed by atoms with Gasteiger partial charge in [0.15, 0.2) is 0 Å². The van der Waals surface area contributed by atoms with Crippen molar-refractivity contribution in [3.05, 3.63) is 120 Å². The Labute approximate surface area is 156 Å². The van der Waals surface area contributed by atoms with Gasteiger partial charge in [0.25, 0.3) is 0 Å². The highest BCUT2D eigenvalue weighted by atomic mass is 14.9. The van der Waals surface area contributed by atoms with Crippen LogP contribution in [0.1, 0.15) is 23.6 Å². The SMILES string of the molecule is C=CC1=C(/C=C(C)/C=C(/C=C)Nc2ccc(C)cc2)c2ccccc2C1. The molecule has 130 valence electrons. The smallest absolute Gasteiger partial charge is 0.0384 e. The molecular weight excluding hydrogens is 314 g/mol. The quantitative estimate of drug-likeness (QED) is 0.583. The summed E-state index contributed by atoms with van der Waals surface area (Å²) in [4.78, 5) is 0. The third-order valence-corrected chi connectivity index (χ3v) is 4.60. The van der Waals surface area contributed by atoms with Gasteiger partial charge in [-0.3, -0.25) is 0 Å². The Hall–Kier alpha value is -3.06. The highest BCUT2D eigenvalue weighted by Gasteiger charge is 2.17. The number of hydrogen-bond acceptors (Lipinski definition) is 1. The molecule has 0 amide bonds. The monoisotopic (exact) mass is 339 g/mol. The fraction of sp³-hybridized carbons (Fsp3) is 0.120. The summed E-state index contributed by atoms with van der Waals surface area (Å²) in [6, 6.07) is 16.9. The maximum atomic E-state index is 3.99. The van der Waals surface area contributed by atoms with Gasteiger partial charge >= 0.3 is 0 Å². The Bertz CT molecular complexity index is 921. The van der Waals surface area contributed by atoms with Crippen LogP contribution in [-0.4, -0.2) is 0 Å². The second kappa shape index (κ2) is 7.88. The predicted molar refractivity (Wildman–Crippen MR) is 114 cm³/mol. The van der Waals surface area contributed by atoms with E-state index in [0.717, 1.165) is 17.8 Å². The molecular formula is C25H25N. The molecule has 1 heteroatoms. The number of aryl methyl sites for hydroxylation is 1. The van der Waals surface area contributed by atoms with E-state index in [1.807, 2.05) is 12.2 Å². The van der Waals surface area contributed by atoms with Gasteiger partial charge in [-0.05, 0) is 72.4 Å². The molecule has 0 saturated heterocycles. The third-order valence-electron chi connectivity index (χ3n) is 4.60. The van der Waals surface area contributed by atoms with Crippen molar-refractivity contribution in [3.63, 3.8) is 0 Å². The van der Waals surface area contributed by atoms with Crippen molar-refractivity contribution in [1.29, 1.82) is 0 Å². The van der Waals surface area contributed by atoms with Gasteiger partial charge in [0.1, 0.15) is 0 Å². The average molecular weight is 339 g/mol. The maximum absolute atomic E-state index is 3.99. The van der Waals surface area contributed by atoms with Crippen LogP contribution in [0.25, 0.3) is 5.57 Å². The Morgan fingerprint density at radius 1 is 1.04 bits per heavy atom. The van der Waals surface area contributed by atoms with Crippen molar-refractivity contribution in [3.8, 4) is 0 Å². The van der Waals surface area contributed by atoms with Gasteiger partial charge in [0.05, 0.1) is 0 Å². The van der Waals surface area contributed by atoms with E-state index in [-0.39, 0.29) is 0 Å². The zero-order valence-electron chi connectivity index (χ0n) is 15.5. The number of hydrogen-bond donors (Lipinski definition) is 1. The summed E-state index contributed by atoms with van der Waals surface area (Å²) in [6.07, 6.45) is 9.15. The highest BCUT2D eigenvalue weighted by molar-refractivity contribution is 5.85. The number of anilines is 1. The molecule has 0 heterocycles. The molecule has 2 aromatic rings. The van der Waals surface area contributed by atoms with E-state index in [2.05, 4.69) is 93.0 Å². The van der Waals surface area contributed by atoms with Crippen LogP contribution in [0.3, 0.4) is 0 Å². The van der Waals surface area contributed by atoms with Gasteiger partial charge in [0.2, 0.25) is 0 Å². The summed E-state index contributed by atoms with van der Waals surface area (Å²) >= 11 is 0. The lowest BCUT2D eigenvalue weighted by Gasteiger charge is -2.09. The van der Waals surface area contributed by atoms with Gasteiger partial charge in [-0.2, -0.15) is 0 Å². The van der Waals surface area contributed by atoms with Crippen LogP contribution in [0.5, 0.6) is 0 Å². The normalized spacial score (nSPS) is 14.2. The second-order valence-corrected chi connectivity index (χ2v) is 6.66. The molecule has 0 aliphatic heterocycles. The first kappa shape index (κ1) is 17.8. The van der Waals surface area contributed by atoms with Gasteiger partial charge in [-0.15, -0.1) is 0 Å². The minimum atomic E-state index is 0.957. The first-order valence-electron chi connectivity index (χ1n) is 8.90. The molecule has 0 radical (unpaired) electrons. The number of fused-ring (bicyclic) bond motifs is 1. The molecule has 0 aromatic heterocycles. The maximum Gasteiger partial charge on any atom is 0.0384 e. The Morgan fingerprint density at radius 2 is 1.77 bits per heavy atom. The van der Waals surface area contributed by atoms with E-state index in [4.69, 9.17) is 0 Å². The van der Waals surface area contributed by atoms with E-state index in [1.165, 1.54) is 33.4 Å². The number of nitrogens with one attached hydrogen (secondary N) is 1. The zero-order chi connectivity index (χ0) is 18.5. The number of benzene rings is 2. The number of rotatable bonds is 6. The molecule has 1 N–H and O–H groups in total. The first-order chi connectivity index (χ1) is 12.6. The Kier molecular flexibility index (Phi) is 5.38. The van der Waals surface area contributed by atoms with Crippen molar-refractivity contribution in [2.45, 2.75) is 20.3 Å². The van der Waals surface area contributed by atoms with Gasteiger partial charge in [-0.25, -0.2) is 0 Å². The first-order valence-corrected chi connectivity index (χ1v) is 8.90. The molecule has 0 saturated carbocycles. The van der Waals surface area contributed by atoms with Crippen molar-refractivity contribution >= 4 is 11.3 Å². The molecule has 1 nitrogen and oxygen atoms in total. The van der Waals surface area contributed by atoms with Crippen molar-refractivity contribution in [2.75, 3.05) is 5.32 Å². The summed E-state index contributed by atoms with van der Waals surface area (Å²) in [7, 11) is 0. The fourth-order valence-corrected chi connectivity index (χ4v) is 3.23. The lowest BCUT2D eigenvalue weighted by atomic mass is 10.0. The largest absolute Gasteiger partial charge is 0.356 e. The van der Waals surface area contributed by atoms with Crippen LogP contribution >= 0.6 is 0 Å². The van der Waals surface area contributed by atoms with Crippen LogP contribution in [0, 0.1) is 6.92 Å². The predicted octanol–water partition coefficient (Wildman–Crippen LogP) is 6.62. The van der Waals surface area contributed by atoms with E-state index in [0.29, 0.717) is 0 Å². The van der Waals surface area contributed by atoms with Crippen molar-refractivity contribution in [2.24, 2.45) is 0 Å².